The number of benzene rings is 1. The lowest BCUT2D eigenvalue weighted by Crippen LogP contribution is -2.46. The van der Waals surface area contributed by atoms with Crippen LogP contribution in [0.15, 0.2) is 29.2 Å². The lowest BCUT2D eigenvalue weighted by atomic mass is 10.4. The van der Waals surface area contributed by atoms with Crippen molar-refractivity contribution in [2.24, 2.45) is 0 Å². The van der Waals surface area contributed by atoms with Crippen molar-refractivity contribution in [3.8, 4) is 12.5 Å². The molecule has 1 fully saturated rings. The molecule has 0 unspecified atom stereocenters. The van der Waals surface area contributed by atoms with Crippen LogP contribution in [0.5, 0.6) is 0 Å². The number of piperazine rings is 1. The van der Waals surface area contributed by atoms with Crippen LogP contribution in [0.2, 0.25) is 5.02 Å². The minimum atomic E-state index is -3.43. The Morgan fingerprint density at radius 2 is 1.67 bits per heavy atom. The maximum atomic E-state index is 12.3. The van der Waals surface area contributed by atoms with Crippen LogP contribution < -0.4 is 0 Å². The third kappa shape index (κ3) is 2.61. The van der Waals surface area contributed by atoms with Gasteiger partial charge >= 0.3 is 0 Å². The third-order valence-electron chi connectivity index (χ3n) is 2.87. The SMILES string of the molecule is C#CN1CCN(S(=O)(=O)c2ccc(Cl)cc2)CC1. The van der Waals surface area contributed by atoms with Gasteiger partial charge in [0.25, 0.3) is 0 Å². The largest absolute Gasteiger partial charge is 0.330 e. The average Bonchev–Trinajstić information content (AvgIpc) is 2.39. The Balaban J connectivity index is 2.18. The molecule has 0 aromatic heterocycles. The Hall–Kier alpha value is -1.22. The Morgan fingerprint density at radius 1 is 1.11 bits per heavy atom. The highest BCUT2D eigenvalue weighted by atomic mass is 35.5. The van der Waals surface area contributed by atoms with Crippen LogP contribution in [0.1, 0.15) is 0 Å². The number of terminal acetylenes is 1. The molecule has 1 aliphatic heterocycles. The van der Waals surface area contributed by atoms with Crippen molar-refractivity contribution in [3.63, 3.8) is 0 Å². The highest BCUT2D eigenvalue weighted by molar-refractivity contribution is 7.89. The molecule has 0 atom stereocenters. The maximum absolute atomic E-state index is 12.3. The molecule has 0 N–H and O–H groups in total. The summed E-state index contributed by atoms with van der Waals surface area (Å²) < 4.78 is 26.1. The first-order valence-corrected chi connectivity index (χ1v) is 7.33. The summed E-state index contributed by atoms with van der Waals surface area (Å²) in [5.41, 5.74) is 0. The molecule has 4 nitrogen and oxygen atoms in total. The molecule has 0 amide bonds. The molecule has 0 bridgehead atoms. The summed E-state index contributed by atoms with van der Waals surface area (Å²) in [6, 6.07) is 8.71. The summed E-state index contributed by atoms with van der Waals surface area (Å²) in [5, 5.41) is 0.520. The van der Waals surface area contributed by atoms with E-state index in [1.165, 1.54) is 16.4 Å². The molecular formula is C12H13ClN2O2S. The topological polar surface area (TPSA) is 40.6 Å². The van der Waals surface area contributed by atoms with Crippen molar-refractivity contribution in [2.75, 3.05) is 26.2 Å². The molecule has 0 radical (unpaired) electrons. The van der Waals surface area contributed by atoms with Crippen LogP contribution in [0.4, 0.5) is 0 Å². The van der Waals surface area contributed by atoms with E-state index in [0.29, 0.717) is 31.2 Å². The van der Waals surface area contributed by atoms with Gasteiger partial charge in [0, 0.05) is 37.2 Å². The molecule has 2 rings (SSSR count). The minimum Gasteiger partial charge on any atom is -0.330 e. The summed E-state index contributed by atoms with van der Waals surface area (Å²) in [7, 11) is -3.43. The van der Waals surface area contributed by atoms with Gasteiger partial charge in [-0.15, -0.1) is 0 Å². The third-order valence-corrected chi connectivity index (χ3v) is 5.04. The van der Waals surface area contributed by atoms with E-state index in [1.54, 1.807) is 17.0 Å². The molecule has 0 saturated carbocycles. The van der Waals surface area contributed by atoms with Gasteiger partial charge in [-0.2, -0.15) is 4.31 Å². The minimum absolute atomic E-state index is 0.265. The second-order valence-corrected chi connectivity index (χ2v) is 6.35. The van der Waals surface area contributed by atoms with Gasteiger partial charge in [0.1, 0.15) is 0 Å². The smallest absolute Gasteiger partial charge is 0.243 e. The highest BCUT2D eigenvalue weighted by Crippen LogP contribution is 2.19. The number of hydrogen-bond acceptors (Lipinski definition) is 3. The Labute approximate surface area is 112 Å². The van der Waals surface area contributed by atoms with Crippen molar-refractivity contribution in [1.29, 1.82) is 0 Å². The zero-order valence-corrected chi connectivity index (χ0v) is 11.3. The lowest BCUT2D eigenvalue weighted by molar-refractivity contribution is 0.256. The first-order chi connectivity index (χ1) is 8.54. The molecule has 1 aliphatic rings. The highest BCUT2D eigenvalue weighted by Gasteiger charge is 2.27. The second-order valence-electron chi connectivity index (χ2n) is 3.97. The molecule has 0 spiro atoms. The summed E-state index contributed by atoms with van der Waals surface area (Å²) >= 11 is 5.75. The maximum Gasteiger partial charge on any atom is 0.243 e. The normalized spacial score (nSPS) is 17.4. The molecule has 18 heavy (non-hydrogen) atoms. The standard InChI is InChI=1S/C12H13ClN2O2S/c1-2-14-7-9-15(10-8-14)18(16,17)12-5-3-11(13)4-6-12/h1,3-6H,7-10H2. The molecule has 96 valence electrons. The Morgan fingerprint density at radius 3 is 2.17 bits per heavy atom. The van der Waals surface area contributed by atoms with E-state index < -0.39 is 10.0 Å². The molecule has 1 heterocycles. The Bertz CT molecular complexity index is 555. The van der Waals surface area contributed by atoms with E-state index in [1.807, 2.05) is 0 Å². The predicted octanol–water partition coefficient (Wildman–Crippen LogP) is 1.24. The fourth-order valence-electron chi connectivity index (χ4n) is 1.81. The fraction of sp³-hybridized carbons (Fsp3) is 0.333. The number of sulfonamides is 1. The average molecular weight is 285 g/mol. The zero-order chi connectivity index (χ0) is 13.2. The van der Waals surface area contributed by atoms with Gasteiger partial charge < -0.3 is 4.90 Å². The second kappa shape index (κ2) is 5.19. The van der Waals surface area contributed by atoms with Crippen LogP contribution in [-0.2, 0) is 10.0 Å². The first kappa shape index (κ1) is 13.2. The number of nitrogens with zero attached hydrogens (tertiary/aromatic N) is 2. The lowest BCUT2D eigenvalue weighted by Gasteiger charge is -2.31. The van der Waals surface area contributed by atoms with Crippen molar-refractivity contribution in [2.45, 2.75) is 4.90 Å². The molecule has 0 aliphatic carbocycles. The van der Waals surface area contributed by atoms with Crippen molar-refractivity contribution in [3.05, 3.63) is 29.3 Å². The van der Waals surface area contributed by atoms with Gasteiger partial charge in [-0.1, -0.05) is 18.0 Å². The van der Waals surface area contributed by atoms with Gasteiger partial charge in [-0.25, -0.2) is 8.42 Å². The Kier molecular flexibility index (Phi) is 3.81. The van der Waals surface area contributed by atoms with E-state index in [9.17, 15) is 8.42 Å². The van der Waals surface area contributed by atoms with E-state index in [-0.39, 0.29) is 4.90 Å². The molecule has 1 aromatic carbocycles. The zero-order valence-electron chi connectivity index (χ0n) is 9.71. The van der Waals surface area contributed by atoms with Crippen LogP contribution in [-0.4, -0.2) is 43.8 Å². The van der Waals surface area contributed by atoms with Gasteiger partial charge in [0.2, 0.25) is 10.0 Å². The number of rotatable bonds is 2. The van der Waals surface area contributed by atoms with E-state index in [2.05, 4.69) is 6.04 Å². The van der Waals surface area contributed by atoms with Gasteiger partial charge in [-0.05, 0) is 24.3 Å². The van der Waals surface area contributed by atoms with Crippen molar-refractivity contribution in [1.82, 2.24) is 9.21 Å². The van der Waals surface area contributed by atoms with Crippen LogP contribution in [0.25, 0.3) is 0 Å². The fourth-order valence-corrected chi connectivity index (χ4v) is 3.36. The number of halogens is 1. The molecule has 6 heteroatoms. The first-order valence-electron chi connectivity index (χ1n) is 5.51. The quantitative estimate of drug-likeness (QED) is 0.767. The van der Waals surface area contributed by atoms with E-state index in [4.69, 9.17) is 18.0 Å². The van der Waals surface area contributed by atoms with Gasteiger partial charge in [0.05, 0.1) is 4.90 Å². The predicted molar refractivity (Wildman–Crippen MR) is 70.6 cm³/mol. The van der Waals surface area contributed by atoms with Crippen LogP contribution >= 0.6 is 11.6 Å². The molecular weight excluding hydrogens is 272 g/mol. The van der Waals surface area contributed by atoms with Crippen LogP contribution in [0, 0.1) is 12.5 Å². The van der Waals surface area contributed by atoms with Gasteiger partial charge in [0.15, 0.2) is 0 Å². The number of hydrogen-bond donors (Lipinski definition) is 0. The summed E-state index contributed by atoms with van der Waals surface area (Å²) in [6.07, 6.45) is 5.28. The molecule has 1 aromatic rings. The molecule has 1 saturated heterocycles. The van der Waals surface area contributed by atoms with Gasteiger partial charge in [-0.3, -0.25) is 0 Å². The summed E-state index contributed by atoms with van der Waals surface area (Å²) in [5.74, 6) is 0. The monoisotopic (exact) mass is 284 g/mol. The van der Waals surface area contributed by atoms with E-state index in [0.717, 1.165) is 0 Å². The van der Waals surface area contributed by atoms with E-state index >= 15 is 0 Å². The van der Waals surface area contributed by atoms with Crippen LogP contribution in [0.3, 0.4) is 0 Å². The van der Waals surface area contributed by atoms with Crippen molar-refractivity contribution < 1.29 is 8.42 Å². The summed E-state index contributed by atoms with van der Waals surface area (Å²) in [4.78, 5) is 2.04. The van der Waals surface area contributed by atoms with Crippen molar-refractivity contribution >= 4 is 21.6 Å². The summed E-state index contributed by atoms with van der Waals surface area (Å²) in [6.45, 7) is 1.94.